The van der Waals surface area contributed by atoms with E-state index in [2.05, 4.69) is 38.8 Å². The monoisotopic (exact) mass is 299 g/mol. The molecule has 0 saturated carbocycles. The van der Waals surface area contributed by atoms with Crippen LogP contribution in [-0.2, 0) is 4.74 Å². The molecule has 17 heavy (non-hydrogen) atoms. The van der Waals surface area contributed by atoms with Gasteiger partial charge in [0.25, 0.3) is 0 Å². The minimum absolute atomic E-state index is 0.221. The lowest BCUT2D eigenvalue weighted by Crippen LogP contribution is -2.47. The Bertz CT molecular complexity index is 375. The summed E-state index contributed by atoms with van der Waals surface area (Å²) >= 11 is 3.45. The van der Waals surface area contributed by atoms with E-state index in [1.165, 1.54) is 0 Å². The topological polar surface area (TPSA) is 51.4 Å². The van der Waals surface area contributed by atoms with Crippen LogP contribution >= 0.6 is 15.9 Å². The third kappa shape index (κ3) is 3.04. The van der Waals surface area contributed by atoms with Crippen molar-refractivity contribution >= 4 is 15.9 Å². The summed E-state index contributed by atoms with van der Waals surface area (Å²) in [6.07, 6.45) is 3.68. The van der Waals surface area contributed by atoms with Crippen molar-refractivity contribution in [2.75, 3.05) is 26.3 Å². The van der Waals surface area contributed by atoms with Gasteiger partial charge < -0.3 is 10.5 Å². The SMILES string of the molecule is CC1COCCN1C(CN)c1cncc(Br)c1. The van der Waals surface area contributed by atoms with Crippen molar-refractivity contribution in [2.45, 2.75) is 19.0 Å². The number of hydrogen-bond acceptors (Lipinski definition) is 4. The van der Waals surface area contributed by atoms with E-state index in [9.17, 15) is 0 Å². The van der Waals surface area contributed by atoms with E-state index >= 15 is 0 Å². The van der Waals surface area contributed by atoms with Crippen molar-refractivity contribution in [1.29, 1.82) is 0 Å². The zero-order valence-corrected chi connectivity index (χ0v) is 11.6. The Balaban J connectivity index is 2.20. The molecule has 0 bridgehead atoms. The average molecular weight is 300 g/mol. The van der Waals surface area contributed by atoms with Crippen LogP contribution in [0.2, 0.25) is 0 Å². The van der Waals surface area contributed by atoms with Gasteiger partial charge in [0.1, 0.15) is 0 Å². The summed E-state index contributed by atoms with van der Waals surface area (Å²) in [6, 6.07) is 2.71. The molecule has 2 heterocycles. The number of hydrogen-bond donors (Lipinski definition) is 1. The first kappa shape index (κ1) is 13.0. The van der Waals surface area contributed by atoms with Gasteiger partial charge in [-0.2, -0.15) is 0 Å². The fraction of sp³-hybridized carbons (Fsp3) is 0.583. The van der Waals surface area contributed by atoms with Gasteiger partial charge in [0.15, 0.2) is 0 Å². The van der Waals surface area contributed by atoms with Gasteiger partial charge in [-0.05, 0) is 34.5 Å². The highest BCUT2D eigenvalue weighted by atomic mass is 79.9. The largest absolute Gasteiger partial charge is 0.379 e. The molecule has 0 amide bonds. The second-order valence-electron chi connectivity index (χ2n) is 4.35. The van der Waals surface area contributed by atoms with E-state index in [-0.39, 0.29) is 6.04 Å². The highest BCUT2D eigenvalue weighted by Crippen LogP contribution is 2.25. The Morgan fingerprint density at radius 3 is 3.12 bits per heavy atom. The number of aromatic nitrogens is 1. The summed E-state index contributed by atoms with van der Waals surface area (Å²) < 4.78 is 6.45. The summed E-state index contributed by atoms with van der Waals surface area (Å²) in [6.45, 7) is 5.26. The highest BCUT2D eigenvalue weighted by Gasteiger charge is 2.26. The minimum atomic E-state index is 0.221. The number of rotatable bonds is 3. The second kappa shape index (κ2) is 5.91. The van der Waals surface area contributed by atoms with Crippen LogP contribution in [0, 0.1) is 0 Å². The lowest BCUT2D eigenvalue weighted by atomic mass is 10.1. The van der Waals surface area contributed by atoms with Gasteiger partial charge in [-0.15, -0.1) is 0 Å². The zero-order valence-electron chi connectivity index (χ0n) is 9.97. The number of morpholine rings is 1. The van der Waals surface area contributed by atoms with Gasteiger partial charge in [-0.1, -0.05) is 0 Å². The third-order valence-corrected chi connectivity index (χ3v) is 3.59. The Kier molecular flexibility index (Phi) is 4.50. The van der Waals surface area contributed by atoms with Crippen molar-refractivity contribution in [1.82, 2.24) is 9.88 Å². The molecule has 0 spiro atoms. The van der Waals surface area contributed by atoms with Gasteiger partial charge in [-0.3, -0.25) is 9.88 Å². The number of nitrogens with two attached hydrogens (primary N) is 1. The van der Waals surface area contributed by atoms with Crippen molar-refractivity contribution in [2.24, 2.45) is 5.73 Å². The molecule has 1 aliphatic rings. The summed E-state index contributed by atoms with van der Waals surface area (Å²) in [4.78, 5) is 6.61. The fourth-order valence-corrected chi connectivity index (χ4v) is 2.66. The van der Waals surface area contributed by atoms with Gasteiger partial charge in [0, 0.05) is 42.0 Å². The molecule has 1 aliphatic heterocycles. The molecule has 5 heteroatoms. The van der Waals surface area contributed by atoms with Gasteiger partial charge in [0.2, 0.25) is 0 Å². The third-order valence-electron chi connectivity index (χ3n) is 3.15. The maximum Gasteiger partial charge on any atom is 0.0620 e. The number of nitrogens with zero attached hydrogens (tertiary/aromatic N) is 2. The minimum Gasteiger partial charge on any atom is -0.379 e. The molecule has 2 atom stereocenters. The van der Waals surface area contributed by atoms with E-state index in [1.54, 1.807) is 6.20 Å². The normalized spacial score (nSPS) is 23.6. The zero-order chi connectivity index (χ0) is 12.3. The first-order valence-electron chi connectivity index (χ1n) is 5.86. The first-order chi connectivity index (χ1) is 8.22. The summed E-state index contributed by atoms with van der Waals surface area (Å²) in [5.41, 5.74) is 7.08. The van der Waals surface area contributed by atoms with Gasteiger partial charge in [0.05, 0.1) is 13.2 Å². The molecule has 0 aromatic carbocycles. The summed E-state index contributed by atoms with van der Waals surface area (Å²) in [5, 5.41) is 0. The maximum atomic E-state index is 5.92. The second-order valence-corrected chi connectivity index (χ2v) is 5.27. The molecule has 2 rings (SSSR count). The fourth-order valence-electron chi connectivity index (χ4n) is 2.28. The molecule has 1 aromatic heterocycles. The standard InChI is InChI=1S/C12H18BrN3O/c1-9-8-17-3-2-16(9)12(5-14)10-4-11(13)7-15-6-10/h4,6-7,9,12H,2-3,5,8,14H2,1H3. The van der Waals surface area contributed by atoms with Crippen LogP contribution in [0.15, 0.2) is 22.9 Å². The van der Waals surface area contributed by atoms with Crippen LogP contribution < -0.4 is 5.73 Å². The Labute approximate surface area is 110 Å². The molecule has 0 aliphatic carbocycles. The quantitative estimate of drug-likeness (QED) is 0.920. The van der Waals surface area contributed by atoms with Crippen LogP contribution in [0.25, 0.3) is 0 Å². The number of halogens is 1. The lowest BCUT2D eigenvalue weighted by molar-refractivity contribution is -0.0210. The highest BCUT2D eigenvalue weighted by molar-refractivity contribution is 9.10. The number of ether oxygens (including phenoxy) is 1. The summed E-state index contributed by atoms with van der Waals surface area (Å²) in [5.74, 6) is 0. The molecular formula is C12H18BrN3O. The van der Waals surface area contributed by atoms with Gasteiger partial charge in [-0.25, -0.2) is 0 Å². The predicted octanol–water partition coefficient (Wildman–Crippen LogP) is 1.56. The Morgan fingerprint density at radius 2 is 2.47 bits per heavy atom. The van der Waals surface area contributed by atoms with E-state index in [0.717, 1.165) is 29.8 Å². The van der Waals surface area contributed by atoms with Crippen molar-refractivity contribution in [3.05, 3.63) is 28.5 Å². The van der Waals surface area contributed by atoms with E-state index < -0.39 is 0 Å². The molecule has 2 unspecified atom stereocenters. The van der Waals surface area contributed by atoms with Crippen LogP contribution in [0.3, 0.4) is 0 Å². The van der Waals surface area contributed by atoms with Crippen molar-refractivity contribution in [3.63, 3.8) is 0 Å². The van der Waals surface area contributed by atoms with E-state index in [0.29, 0.717) is 12.6 Å². The molecule has 1 saturated heterocycles. The maximum absolute atomic E-state index is 5.92. The van der Waals surface area contributed by atoms with Gasteiger partial charge >= 0.3 is 0 Å². The van der Waals surface area contributed by atoms with Crippen LogP contribution in [0.5, 0.6) is 0 Å². The molecule has 2 N–H and O–H groups in total. The Morgan fingerprint density at radius 1 is 1.65 bits per heavy atom. The molecular weight excluding hydrogens is 282 g/mol. The van der Waals surface area contributed by atoms with E-state index in [4.69, 9.17) is 10.5 Å². The predicted molar refractivity (Wildman–Crippen MR) is 70.7 cm³/mol. The van der Waals surface area contributed by atoms with Crippen molar-refractivity contribution < 1.29 is 4.74 Å². The molecule has 94 valence electrons. The Hall–Kier alpha value is -0.490. The average Bonchev–Trinajstić information content (AvgIpc) is 2.33. The van der Waals surface area contributed by atoms with E-state index in [1.807, 2.05) is 6.20 Å². The summed E-state index contributed by atoms with van der Waals surface area (Å²) in [7, 11) is 0. The van der Waals surface area contributed by atoms with Crippen LogP contribution in [0.1, 0.15) is 18.5 Å². The lowest BCUT2D eigenvalue weighted by Gasteiger charge is -2.39. The molecule has 4 nitrogen and oxygen atoms in total. The van der Waals surface area contributed by atoms with Crippen molar-refractivity contribution in [3.8, 4) is 0 Å². The smallest absolute Gasteiger partial charge is 0.0620 e. The van der Waals surface area contributed by atoms with Crippen LogP contribution in [-0.4, -0.2) is 42.2 Å². The van der Waals surface area contributed by atoms with Crippen LogP contribution in [0.4, 0.5) is 0 Å². The molecule has 1 aromatic rings. The number of pyridine rings is 1. The molecule has 1 fully saturated rings. The first-order valence-corrected chi connectivity index (χ1v) is 6.65. The molecule has 0 radical (unpaired) electrons.